The average molecular weight is 263 g/mol. The Bertz CT molecular complexity index is 456. The molecule has 1 aromatic rings. The number of aliphatic carboxylic acids is 1. The summed E-state index contributed by atoms with van der Waals surface area (Å²) in [5, 5.41) is 8.51. The molecule has 0 heterocycles. The maximum Gasteiger partial charge on any atom is 0.410 e. The number of hydrogen-bond donors (Lipinski definition) is 1. The van der Waals surface area contributed by atoms with Gasteiger partial charge in [-0.25, -0.2) is 9.59 Å². The minimum Gasteiger partial charge on any atom is -0.478 e. The first-order valence-electron chi connectivity index (χ1n) is 5.85. The van der Waals surface area contributed by atoms with E-state index < -0.39 is 12.1 Å². The molecule has 0 radical (unpaired) electrons. The van der Waals surface area contributed by atoms with Crippen LogP contribution in [0.25, 0.3) is 0 Å². The Balaban J connectivity index is 2.46. The molecule has 5 heteroatoms. The fourth-order valence-corrected chi connectivity index (χ4v) is 1.34. The first-order valence-corrected chi connectivity index (χ1v) is 5.85. The zero-order valence-corrected chi connectivity index (χ0v) is 10.9. The van der Waals surface area contributed by atoms with Gasteiger partial charge in [-0.1, -0.05) is 36.4 Å². The minimum absolute atomic E-state index is 0.194. The molecule has 1 atom stereocenters. The lowest BCUT2D eigenvalue weighted by molar-refractivity contribution is -0.131. The SMILES string of the molecule is CC(/C=C/C(=O)O)N(C)C(=O)OCc1ccccc1. The molecule has 0 aliphatic heterocycles. The van der Waals surface area contributed by atoms with E-state index in [1.165, 1.54) is 11.0 Å². The number of rotatable bonds is 5. The third kappa shape index (κ3) is 5.25. The quantitative estimate of drug-likeness (QED) is 0.828. The van der Waals surface area contributed by atoms with Crippen LogP contribution in [0.2, 0.25) is 0 Å². The van der Waals surface area contributed by atoms with Crippen LogP contribution in [0.1, 0.15) is 12.5 Å². The van der Waals surface area contributed by atoms with Gasteiger partial charge in [-0.2, -0.15) is 0 Å². The van der Waals surface area contributed by atoms with Crippen molar-refractivity contribution in [3.8, 4) is 0 Å². The minimum atomic E-state index is -1.04. The van der Waals surface area contributed by atoms with E-state index in [9.17, 15) is 9.59 Å². The highest BCUT2D eigenvalue weighted by Crippen LogP contribution is 2.05. The van der Waals surface area contributed by atoms with E-state index in [0.29, 0.717) is 0 Å². The lowest BCUT2D eigenvalue weighted by Gasteiger charge is -2.21. The Morgan fingerprint density at radius 2 is 2.00 bits per heavy atom. The molecule has 102 valence electrons. The Labute approximate surface area is 112 Å². The van der Waals surface area contributed by atoms with E-state index in [0.717, 1.165) is 11.6 Å². The van der Waals surface area contributed by atoms with Gasteiger partial charge in [0.1, 0.15) is 6.61 Å². The third-order valence-electron chi connectivity index (χ3n) is 2.62. The number of benzene rings is 1. The van der Waals surface area contributed by atoms with Gasteiger partial charge in [-0.15, -0.1) is 0 Å². The summed E-state index contributed by atoms with van der Waals surface area (Å²) in [6.45, 7) is 1.91. The number of nitrogens with zero attached hydrogens (tertiary/aromatic N) is 1. The zero-order chi connectivity index (χ0) is 14.3. The molecule has 1 aromatic carbocycles. The number of carboxylic acids is 1. The highest BCUT2D eigenvalue weighted by molar-refractivity contribution is 5.80. The van der Waals surface area contributed by atoms with Gasteiger partial charge < -0.3 is 14.7 Å². The molecule has 0 bridgehead atoms. The van der Waals surface area contributed by atoms with Crippen molar-refractivity contribution in [2.75, 3.05) is 7.05 Å². The summed E-state index contributed by atoms with van der Waals surface area (Å²) in [4.78, 5) is 23.4. The van der Waals surface area contributed by atoms with Crippen molar-refractivity contribution < 1.29 is 19.4 Å². The lowest BCUT2D eigenvalue weighted by Crippen LogP contribution is -2.34. The molecule has 0 saturated carbocycles. The predicted octanol–water partition coefficient (Wildman–Crippen LogP) is 2.28. The van der Waals surface area contributed by atoms with Crippen LogP contribution in [0.4, 0.5) is 4.79 Å². The van der Waals surface area contributed by atoms with Gasteiger partial charge in [0.05, 0.1) is 6.04 Å². The normalized spacial score (nSPS) is 12.1. The van der Waals surface area contributed by atoms with E-state index in [1.807, 2.05) is 30.3 Å². The molecule has 0 aromatic heterocycles. The van der Waals surface area contributed by atoms with Crippen molar-refractivity contribution in [2.24, 2.45) is 0 Å². The molecule has 5 nitrogen and oxygen atoms in total. The first kappa shape index (κ1) is 14.8. The molecule has 1 unspecified atom stereocenters. The first-order chi connectivity index (χ1) is 9.00. The number of carbonyl (C=O) groups is 2. The molecular formula is C14H17NO4. The number of likely N-dealkylation sites (N-methyl/N-ethyl adjacent to an activating group) is 1. The van der Waals surface area contributed by atoms with E-state index >= 15 is 0 Å². The van der Waals surface area contributed by atoms with Gasteiger partial charge >= 0.3 is 12.1 Å². The Kier molecular flexibility index (Phi) is 5.60. The molecule has 1 rings (SSSR count). The van der Waals surface area contributed by atoms with Crippen molar-refractivity contribution in [3.05, 3.63) is 48.0 Å². The van der Waals surface area contributed by atoms with Crippen molar-refractivity contribution in [1.29, 1.82) is 0 Å². The van der Waals surface area contributed by atoms with Crippen LogP contribution < -0.4 is 0 Å². The Hall–Kier alpha value is -2.30. The smallest absolute Gasteiger partial charge is 0.410 e. The fourth-order valence-electron chi connectivity index (χ4n) is 1.34. The fraction of sp³-hybridized carbons (Fsp3) is 0.286. The summed E-state index contributed by atoms with van der Waals surface area (Å²) in [5.41, 5.74) is 0.901. The Morgan fingerprint density at radius 3 is 2.58 bits per heavy atom. The van der Waals surface area contributed by atoms with Crippen LogP contribution in [0, 0.1) is 0 Å². The van der Waals surface area contributed by atoms with E-state index in [-0.39, 0.29) is 12.6 Å². The molecule has 19 heavy (non-hydrogen) atoms. The summed E-state index contributed by atoms with van der Waals surface area (Å²) >= 11 is 0. The summed E-state index contributed by atoms with van der Waals surface area (Å²) in [6.07, 6.45) is 1.93. The van der Waals surface area contributed by atoms with Gasteiger partial charge in [-0.05, 0) is 12.5 Å². The monoisotopic (exact) mass is 263 g/mol. The van der Waals surface area contributed by atoms with E-state index in [1.54, 1.807) is 14.0 Å². The third-order valence-corrected chi connectivity index (χ3v) is 2.62. The predicted molar refractivity (Wildman–Crippen MR) is 70.6 cm³/mol. The van der Waals surface area contributed by atoms with E-state index in [4.69, 9.17) is 9.84 Å². The van der Waals surface area contributed by atoms with E-state index in [2.05, 4.69) is 0 Å². The summed E-state index contributed by atoms with van der Waals surface area (Å²) < 4.78 is 5.12. The topological polar surface area (TPSA) is 66.8 Å². The van der Waals surface area contributed by atoms with Crippen molar-refractivity contribution in [1.82, 2.24) is 4.90 Å². The van der Waals surface area contributed by atoms with Gasteiger partial charge in [0, 0.05) is 13.1 Å². The highest BCUT2D eigenvalue weighted by atomic mass is 16.6. The van der Waals surface area contributed by atoms with Crippen LogP contribution in [-0.4, -0.2) is 35.2 Å². The molecule has 1 amide bonds. The van der Waals surface area contributed by atoms with Crippen LogP contribution in [-0.2, 0) is 16.1 Å². The van der Waals surface area contributed by atoms with Gasteiger partial charge in [0.25, 0.3) is 0 Å². The largest absolute Gasteiger partial charge is 0.478 e. The van der Waals surface area contributed by atoms with Crippen molar-refractivity contribution >= 4 is 12.1 Å². The second kappa shape index (κ2) is 7.20. The van der Waals surface area contributed by atoms with Crippen molar-refractivity contribution in [3.63, 3.8) is 0 Å². The number of carboxylic acid groups (broad SMARTS) is 1. The molecule has 1 N–H and O–H groups in total. The number of amides is 1. The summed E-state index contributed by atoms with van der Waals surface area (Å²) in [7, 11) is 1.56. The second-order valence-electron chi connectivity index (χ2n) is 4.09. The van der Waals surface area contributed by atoms with Gasteiger partial charge in [-0.3, -0.25) is 0 Å². The van der Waals surface area contributed by atoms with Crippen LogP contribution in [0.3, 0.4) is 0 Å². The highest BCUT2D eigenvalue weighted by Gasteiger charge is 2.14. The second-order valence-corrected chi connectivity index (χ2v) is 4.09. The van der Waals surface area contributed by atoms with Crippen molar-refractivity contribution in [2.45, 2.75) is 19.6 Å². The maximum absolute atomic E-state index is 11.7. The Morgan fingerprint density at radius 1 is 1.37 bits per heavy atom. The number of hydrogen-bond acceptors (Lipinski definition) is 3. The zero-order valence-electron chi connectivity index (χ0n) is 10.9. The molecular weight excluding hydrogens is 246 g/mol. The number of carbonyl (C=O) groups excluding carboxylic acids is 1. The van der Waals surface area contributed by atoms with Crippen LogP contribution >= 0.6 is 0 Å². The maximum atomic E-state index is 11.7. The lowest BCUT2D eigenvalue weighted by atomic mass is 10.2. The molecule has 0 saturated heterocycles. The van der Waals surface area contributed by atoms with Gasteiger partial charge in [0.15, 0.2) is 0 Å². The molecule has 0 aliphatic carbocycles. The van der Waals surface area contributed by atoms with Crippen LogP contribution in [0.5, 0.6) is 0 Å². The van der Waals surface area contributed by atoms with Gasteiger partial charge in [0.2, 0.25) is 0 Å². The molecule has 0 spiro atoms. The standard InChI is InChI=1S/C14H17NO4/c1-11(8-9-13(16)17)15(2)14(18)19-10-12-6-4-3-5-7-12/h3-9,11H,10H2,1-2H3,(H,16,17)/b9-8+. The molecule has 0 aliphatic rings. The number of ether oxygens (including phenoxy) is 1. The van der Waals surface area contributed by atoms with Crippen LogP contribution in [0.15, 0.2) is 42.5 Å². The molecule has 0 fully saturated rings. The average Bonchev–Trinajstić information content (AvgIpc) is 2.42. The summed E-state index contributed by atoms with van der Waals surface area (Å²) in [5.74, 6) is -1.04. The summed E-state index contributed by atoms with van der Waals surface area (Å²) in [6, 6.07) is 8.99.